The maximum Gasteiger partial charge on any atom is 0.246 e. The number of rotatable bonds is 3. The number of carbonyl (C=O) groups excluding carboxylic acids is 1. The molecule has 0 fully saturated rings. The zero-order valence-electron chi connectivity index (χ0n) is 10.3. The summed E-state index contributed by atoms with van der Waals surface area (Å²) in [6.07, 6.45) is 0. The highest BCUT2D eigenvalue weighted by Crippen LogP contribution is 2.16. The molecule has 0 atom stereocenters. The van der Waals surface area contributed by atoms with Crippen LogP contribution in [0.3, 0.4) is 0 Å². The number of hydrogen-bond acceptors (Lipinski definition) is 2. The van der Waals surface area contributed by atoms with Gasteiger partial charge in [-0.2, -0.15) is 5.10 Å². The number of carbonyl (C=O) groups is 1. The molecule has 0 bridgehead atoms. The summed E-state index contributed by atoms with van der Waals surface area (Å²) < 4.78 is 2.73. The lowest BCUT2D eigenvalue weighted by atomic mass is 10.3. The Morgan fingerprint density at radius 3 is 2.72 bits per heavy atom. The average Bonchev–Trinajstić information content (AvgIpc) is 2.61. The molecule has 0 spiro atoms. The Balaban J connectivity index is 2.06. The summed E-state index contributed by atoms with van der Waals surface area (Å²) in [7, 11) is 0. The van der Waals surface area contributed by atoms with Crippen LogP contribution >= 0.6 is 22.6 Å². The second-order valence-corrected chi connectivity index (χ2v) is 5.27. The molecule has 0 aliphatic carbocycles. The van der Waals surface area contributed by atoms with Gasteiger partial charge in [-0.25, -0.2) is 0 Å². The molecule has 1 aromatic heterocycles. The third-order valence-electron chi connectivity index (χ3n) is 2.54. The van der Waals surface area contributed by atoms with Crippen molar-refractivity contribution in [3.8, 4) is 0 Å². The fourth-order valence-corrected chi connectivity index (χ4v) is 2.25. The molecule has 0 saturated carbocycles. The first-order chi connectivity index (χ1) is 8.56. The quantitative estimate of drug-likeness (QED) is 0.861. The van der Waals surface area contributed by atoms with Gasteiger partial charge in [0.15, 0.2) is 0 Å². The van der Waals surface area contributed by atoms with E-state index < -0.39 is 0 Å². The van der Waals surface area contributed by atoms with E-state index >= 15 is 0 Å². The second-order valence-electron chi connectivity index (χ2n) is 4.11. The molecule has 94 valence electrons. The first-order valence-electron chi connectivity index (χ1n) is 5.61. The van der Waals surface area contributed by atoms with Crippen LogP contribution in [0.1, 0.15) is 11.4 Å². The molecule has 1 N–H and O–H groups in total. The second kappa shape index (κ2) is 5.51. The third kappa shape index (κ3) is 3.10. The van der Waals surface area contributed by atoms with Gasteiger partial charge in [0.25, 0.3) is 0 Å². The lowest BCUT2D eigenvalue weighted by Crippen LogP contribution is -2.20. The molecule has 0 unspecified atom stereocenters. The molecule has 1 aromatic carbocycles. The van der Waals surface area contributed by atoms with E-state index in [0.717, 1.165) is 20.6 Å². The van der Waals surface area contributed by atoms with Gasteiger partial charge in [-0.1, -0.05) is 12.1 Å². The zero-order chi connectivity index (χ0) is 13.1. The van der Waals surface area contributed by atoms with E-state index in [1.54, 1.807) is 4.68 Å². The number of aromatic nitrogens is 2. The topological polar surface area (TPSA) is 46.9 Å². The van der Waals surface area contributed by atoms with Gasteiger partial charge < -0.3 is 5.32 Å². The minimum atomic E-state index is -0.0645. The number of benzene rings is 1. The summed E-state index contributed by atoms with van der Waals surface area (Å²) in [6.45, 7) is 4.10. The van der Waals surface area contributed by atoms with Crippen LogP contribution in [0.4, 0.5) is 5.69 Å². The molecule has 0 saturated heterocycles. The average molecular weight is 355 g/mol. The van der Waals surface area contributed by atoms with Crippen molar-refractivity contribution in [1.82, 2.24) is 9.78 Å². The van der Waals surface area contributed by atoms with Gasteiger partial charge in [0, 0.05) is 9.26 Å². The minimum Gasteiger partial charge on any atom is -0.324 e. The predicted octanol–water partition coefficient (Wildman–Crippen LogP) is 2.74. The SMILES string of the molecule is Cc1cc(C)n(CC(=O)Nc2ccccc2I)n1. The van der Waals surface area contributed by atoms with Crippen LogP contribution in [0.2, 0.25) is 0 Å². The number of aryl methyl sites for hydroxylation is 2. The van der Waals surface area contributed by atoms with Gasteiger partial charge in [0.1, 0.15) is 6.54 Å². The molecular formula is C13H14IN3O. The van der Waals surface area contributed by atoms with Gasteiger partial charge in [-0.15, -0.1) is 0 Å². The van der Waals surface area contributed by atoms with Crippen molar-refractivity contribution < 1.29 is 4.79 Å². The number of amides is 1. The molecule has 1 heterocycles. The van der Waals surface area contributed by atoms with Crippen molar-refractivity contribution in [2.24, 2.45) is 0 Å². The minimum absolute atomic E-state index is 0.0645. The van der Waals surface area contributed by atoms with Crippen LogP contribution in [0.5, 0.6) is 0 Å². The summed E-state index contributed by atoms with van der Waals surface area (Å²) in [4.78, 5) is 11.9. The summed E-state index contributed by atoms with van der Waals surface area (Å²) >= 11 is 2.20. The monoisotopic (exact) mass is 355 g/mol. The Labute approximate surface area is 120 Å². The van der Waals surface area contributed by atoms with E-state index in [1.165, 1.54) is 0 Å². The fraction of sp³-hybridized carbons (Fsp3) is 0.231. The summed E-state index contributed by atoms with van der Waals surface area (Å²) in [5.74, 6) is -0.0645. The number of nitrogens with one attached hydrogen (secondary N) is 1. The molecule has 0 aliphatic heterocycles. The first-order valence-corrected chi connectivity index (χ1v) is 6.69. The van der Waals surface area contributed by atoms with E-state index in [4.69, 9.17) is 0 Å². The van der Waals surface area contributed by atoms with Crippen molar-refractivity contribution in [2.45, 2.75) is 20.4 Å². The van der Waals surface area contributed by atoms with E-state index in [9.17, 15) is 4.79 Å². The Morgan fingerprint density at radius 1 is 1.39 bits per heavy atom. The van der Waals surface area contributed by atoms with E-state index in [0.29, 0.717) is 0 Å². The summed E-state index contributed by atoms with van der Waals surface area (Å²) in [6, 6.07) is 9.65. The molecule has 18 heavy (non-hydrogen) atoms. The number of anilines is 1. The van der Waals surface area contributed by atoms with Crippen molar-refractivity contribution in [2.75, 3.05) is 5.32 Å². The highest BCUT2D eigenvalue weighted by atomic mass is 127. The Morgan fingerprint density at radius 2 is 2.11 bits per heavy atom. The standard InChI is InChI=1S/C13H14IN3O/c1-9-7-10(2)17(16-9)8-13(18)15-12-6-4-3-5-11(12)14/h3-7H,8H2,1-2H3,(H,15,18). The maximum atomic E-state index is 11.9. The number of para-hydroxylation sites is 1. The van der Waals surface area contributed by atoms with Crippen LogP contribution in [-0.4, -0.2) is 15.7 Å². The molecule has 5 heteroatoms. The summed E-state index contributed by atoms with van der Waals surface area (Å²) in [5, 5.41) is 7.16. The van der Waals surface area contributed by atoms with Crippen molar-refractivity contribution in [3.05, 3.63) is 45.3 Å². The Kier molecular flexibility index (Phi) is 4.00. The molecule has 2 rings (SSSR count). The summed E-state index contributed by atoms with van der Waals surface area (Å²) in [5.41, 5.74) is 2.75. The van der Waals surface area contributed by atoms with Crippen molar-refractivity contribution in [1.29, 1.82) is 0 Å². The van der Waals surface area contributed by atoms with Gasteiger partial charge in [0.05, 0.1) is 11.4 Å². The van der Waals surface area contributed by atoms with E-state index in [2.05, 4.69) is 33.0 Å². The lowest BCUT2D eigenvalue weighted by Gasteiger charge is -2.08. The number of hydrogen-bond donors (Lipinski definition) is 1. The van der Waals surface area contributed by atoms with Crippen LogP contribution in [0.25, 0.3) is 0 Å². The molecular weight excluding hydrogens is 341 g/mol. The molecule has 2 aromatic rings. The zero-order valence-corrected chi connectivity index (χ0v) is 12.4. The molecule has 4 nitrogen and oxygen atoms in total. The fourth-order valence-electron chi connectivity index (χ4n) is 1.72. The van der Waals surface area contributed by atoms with Crippen LogP contribution < -0.4 is 5.32 Å². The lowest BCUT2D eigenvalue weighted by molar-refractivity contribution is -0.116. The van der Waals surface area contributed by atoms with Gasteiger partial charge in [-0.05, 0) is 54.6 Å². The highest BCUT2D eigenvalue weighted by molar-refractivity contribution is 14.1. The van der Waals surface area contributed by atoms with Crippen LogP contribution in [0, 0.1) is 17.4 Å². The van der Waals surface area contributed by atoms with Crippen LogP contribution in [-0.2, 0) is 11.3 Å². The maximum absolute atomic E-state index is 11.9. The van der Waals surface area contributed by atoms with Gasteiger partial charge in [0.2, 0.25) is 5.91 Å². The smallest absolute Gasteiger partial charge is 0.246 e. The number of nitrogens with zero attached hydrogens (tertiary/aromatic N) is 2. The van der Waals surface area contributed by atoms with Crippen molar-refractivity contribution >= 4 is 34.2 Å². The van der Waals surface area contributed by atoms with E-state index in [-0.39, 0.29) is 12.5 Å². The predicted molar refractivity (Wildman–Crippen MR) is 79.5 cm³/mol. The molecule has 0 radical (unpaired) electrons. The normalized spacial score (nSPS) is 10.4. The molecule has 1 amide bonds. The van der Waals surface area contributed by atoms with E-state index in [1.807, 2.05) is 44.2 Å². The van der Waals surface area contributed by atoms with Gasteiger partial charge >= 0.3 is 0 Å². The Bertz CT molecular complexity index is 577. The van der Waals surface area contributed by atoms with Gasteiger partial charge in [-0.3, -0.25) is 9.48 Å². The molecule has 0 aliphatic rings. The third-order valence-corrected chi connectivity index (χ3v) is 3.49. The number of halogens is 1. The van der Waals surface area contributed by atoms with Crippen molar-refractivity contribution in [3.63, 3.8) is 0 Å². The largest absolute Gasteiger partial charge is 0.324 e. The first kappa shape index (κ1) is 13.1. The Hall–Kier alpha value is -1.37. The highest BCUT2D eigenvalue weighted by Gasteiger charge is 2.08. The van der Waals surface area contributed by atoms with Crippen LogP contribution in [0.15, 0.2) is 30.3 Å².